The molecule has 0 amide bonds. The van der Waals surface area contributed by atoms with Gasteiger partial charge in [0, 0.05) is 0 Å². The van der Waals surface area contributed by atoms with E-state index in [0.717, 1.165) is 0 Å². The van der Waals surface area contributed by atoms with Gasteiger partial charge in [0.25, 0.3) is 0 Å². The second kappa shape index (κ2) is 10.0. The molecule has 0 unspecified atom stereocenters. The first-order valence-electron chi connectivity index (χ1n) is 5.83. The van der Waals surface area contributed by atoms with Gasteiger partial charge in [0.05, 0.1) is 0 Å². The van der Waals surface area contributed by atoms with E-state index in [9.17, 15) is 0 Å². The van der Waals surface area contributed by atoms with E-state index in [0.29, 0.717) is 5.41 Å². The molecule has 0 aromatic carbocycles. The zero-order valence-electron chi connectivity index (χ0n) is 10.5. The van der Waals surface area contributed by atoms with Crippen LogP contribution in [0.2, 0.25) is 0 Å². The minimum Gasteiger partial charge on any atom is -0.317 e. The molecule has 0 spiro atoms. The largest absolute Gasteiger partial charge is 0.317 e. The number of hydrogen-bond donors (Lipinski definition) is 1. The van der Waals surface area contributed by atoms with E-state index >= 15 is 0 Å². The Morgan fingerprint density at radius 3 is 1.92 bits per heavy atom. The zero-order chi connectivity index (χ0) is 10.7. The van der Waals surface area contributed by atoms with Gasteiger partial charge in [-0.05, 0) is 31.3 Å². The van der Waals surface area contributed by atoms with E-state index in [1.807, 2.05) is 13.8 Å². The Morgan fingerprint density at radius 1 is 1.00 bits per heavy atom. The summed E-state index contributed by atoms with van der Waals surface area (Å²) in [5.41, 5.74) is 0.529. The van der Waals surface area contributed by atoms with E-state index in [4.69, 9.17) is 0 Å². The minimum atomic E-state index is 0.529. The standard InChI is InChI=1S/C10H23N.C2H6/c1-5-8-11-9-7-10(3,4)6-2;1-2/h11H,5-9H2,1-4H3;1-2H3. The molecular weight excluding hydrogens is 158 g/mol. The molecule has 1 heteroatoms. The van der Waals surface area contributed by atoms with Crippen molar-refractivity contribution in [1.82, 2.24) is 5.32 Å². The first-order chi connectivity index (χ1) is 6.12. The van der Waals surface area contributed by atoms with Crippen molar-refractivity contribution in [2.75, 3.05) is 13.1 Å². The van der Waals surface area contributed by atoms with Crippen molar-refractivity contribution in [3.8, 4) is 0 Å². The van der Waals surface area contributed by atoms with E-state index in [-0.39, 0.29) is 0 Å². The molecule has 0 aliphatic heterocycles. The minimum absolute atomic E-state index is 0.529. The fraction of sp³-hybridized carbons (Fsp3) is 1.00. The molecule has 82 valence electrons. The molecule has 0 fully saturated rings. The van der Waals surface area contributed by atoms with Crippen molar-refractivity contribution in [3.05, 3.63) is 0 Å². The van der Waals surface area contributed by atoms with Crippen molar-refractivity contribution in [3.63, 3.8) is 0 Å². The summed E-state index contributed by atoms with van der Waals surface area (Å²) in [6.45, 7) is 15.5. The highest BCUT2D eigenvalue weighted by Gasteiger charge is 2.13. The molecule has 1 nitrogen and oxygen atoms in total. The van der Waals surface area contributed by atoms with Crippen LogP contribution < -0.4 is 5.32 Å². The Bertz CT molecular complexity index is 87.1. The second-order valence-corrected chi connectivity index (χ2v) is 4.02. The first-order valence-corrected chi connectivity index (χ1v) is 5.83. The number of nitrogens with one attached hydrogen (secondary N) is 1. The van der Waals surface area contributed by atoms with Crippen LogP contribution in [-0.4, -0.2) is 13.1 Å². The molecule has 0 atom stereocenters. The molecule has 0 bridgehead atoms. The zero-order valence-corrected chi connectivity index (χ0v) is 10.5. The van der Waals surface area contributed by atoms with Crippen LogP contribution in [0.3, 0.4) is 0 Å². The van der Waals surface area contributed by atoms with Crippen LogP contribution in [0.1, 0.15) is 60.8 Å². The Hall–Kier alpha value is -0.0400. The van der Waals surface area contributed by atoms with E-state index < -0.39 is 0 Å². The van der Waals surface area contributed by atoms with E-state index in [2.05, 4.69) is 33.0 Å². The van der Waals surface area contributed by atoms with Crippen LogP contribution in [0.5, 0.6) is 0 Å². The monoisotopic (exact) mass is 187 g/mol. The van der Waals surface area contributed by atoms with Gasteiger partial charge in [-0.3, -0.25) is 0 Å². The van der Waals surface area contributed by atoms with Crippen LogP contribution in [0, 0.1) is 5.41 Å². The fourth-order valence-corrected chi connectivity index (χ4v) is 0.905. The highest BCUT2D eigenvalue weighted by Crippen LogP contribution is 2.23. The van der Waals surface area contributed by atoms with Gasteiger partial charge in [-0.1, -0.05) is 48.0 Å². The SMILES string of the molecule is CC.CCCNCCC(C)(C)CC. The van der Waals surface area contributed by atoms with Gasteiger partial charge in [-0.25, -0.2) is 0 Å². The molecule has 0 heterocycles. The molecule has 0 saturated heterocycles. The second-order valence-electron chi connectivity index (χ2n) is 4.02. The average molecular weight is 187 g/mol. The van der Waals surface area contributed by atoms with Gasteiger partial charge in [0.15, 0.2) is 0 Å². The first kappa shape index (κ1) is 15.4. The quantitative estimate of drug-likeness (QED) is 0.623. The van der Waals surface area contributed by atoms with Gasteiger partial charge >= 0.3 is 0 Å². The van der Waals surface area contributed by atoms with E-state index in [1.54, 1.807) is 0 Å². The maximum atomic E-state index is 3.43. The Labute approximate surface area is 85.3 Å². The molecule has 0 aliphatic carbocycles. The lowest BCUT2D eigenvalue weighted by atomic mass is 9.87. The summed E-state index contributed by atoms with van der Waals surface area (Å²) in [6, 6.07) is 0. The summed E-state index contributed by atoms with van der Waals surface area (Å²) in [5, 5.41) is 3.43. The number of hydrogen-bond acceptors (Lipinski definition) is 1. The number of rotatable bonds is 6. The van der Waals surface area contributed by atoms with Gasteiger partial charge in [-0.2, -0.15) is 0 Å². The highest BCUT2D eigenvalue weighted by atomic mass is 14.8. The molecule has 0 saturated carbocycles. The lowest BCUT2D eigenvalue weighted by Crippen LogP contribution is -2.22. The third-order valence-electron chi connectivity index (χ3n) is 2.36. The van der Waals surface area contributed by atoms with E-state index in [1.165, 1.54) is 32.4 Å². The highest BCUT2D eigenvalue weighted by molar-refractivity contribution is 4.67. The molecule has 0 aromatic heterocycles. The lowest BCUT2D eigenvalue weighted by Gasteiger charge is -2.22. The molecule has 13 heavy (non-hydrogen) atoms. The molecule has 0 radical (unpaired) electrons. The molecule has 0 aliphatic rings. The summed E-state index contributed by atoms with van der Waals surface area (Å²) in [6.07, 6.45) is 3.82. The third kappa shape index (κ3) is 12.0. The van der Waals surface area contributed by atoms with Gasteiger partial charge in [-0.15, -0.1) is 0 Å². The maximum absolute atomic E-state index is 3.43. The van der Waals surface area contributed by atoms with Crippen molar-refractivity contribution in [2.45, 2.75) is 60.8 Å². The van der Waals surface area contributed by atoms with Crippen LogP contribution >= 0.6 is 0 Å². The summed E-state index contributed by atoms with van der Waals surface area (Å²) in [4.78, 5) is 0. The lowest BCUT2D eigenvalue weighted by molar-refractivity contribution is 0.316. The summed E-state index contributed by atoms with van der Waals surface area (Å²) < 4.78 is 0. The predicted octanol–water partition coefficient (Wildman–Crippen LogP) is 3.84. The topological polar surface area (TPSA) is 12.0 Å². The summed E-state index contributed by atoms with van der Waals surface area (Å²) >= 11 is 0. The van der Waals surface area contributed by atoms with Crippen molar-refractivity contribution in [1.29, 1.82) is 0 Å². The molecule has 0 rings (SSSR count). The van der Waals surface area contributed by atoms with Crippen molar-refractivity contribution >= 4 is 0 Å². The third-order valence-corrected chi connectivity index (χ3v) is 2.36. The van der Waals surface area contributed by atoms with Gasteiger partial charge in [0.2, 0.25) is 0 Å². The van der Waals surface area contributed by atoms with Crippen LogP contribution in [-0.2, 0) is 0 Å². The smallest absolute Gasteiger partial charge is 0.00438 e. The summed E-state index contributed by atoms with van der Waals surface area (Å²) in [5.74, 6) is 0. The normalized spacial score (nSPS) is 10.6. The predicted molar refractivity (Wildman–Crippen MR) is 63.2 cm³/mol. The van der Waals surface area contributed by atoms with Crippen LogP contribution in [0.15, 0.2) is 0 Å². The molecule has 0 aromatic rings. The maximum Gasteiger partial charge on any atom is -0.00438 e. The van der Waals surface area contributed by atoms with Gasteiger partial charge in [0.1, 0.15) is 0 Å². The fourth-order valence-electron chi connectivity index (χ4n) is 0.905. The molecule has 1 N–H and O–H groups in total. The van der Waals surface area contributed by atoms with Crippen molar-refractivity contribution in [2.24, 2.45) is 5.41 Å². The molecular formula is C12H29N. The van der Waals surface area contributed by atoms with Crippen LogP contribution in [0.25, 0.3) is 0 Å². The Morgan fingerprint density at radius 2 is 1.54 bits per heavy atom. The van der Waals surface area contributed by atoms with Crippen molar-refractivity contribution < 1.29 is 0 Å². The average Bonchev–Trinajstić information content (AvgIpc) is 2.16. The summed E-state index contributed by atoms with van der Waals surface area (Å²) in [7, 11) is 0. The van der Waals surface area contributed by atoms with Crippen LogP contribution in [0.4, 0.5) is 0 Å². The Kier molecular flexibility index (Phi) is 11.9. The van der Waals surface area contributed by atoms with Gasteiger partial charge < -0.3 is 5.32 Å². The Balaban J connectivity index is 0.